The van der Waals surface area contributed by atoms with E-state index in [1.165, 1.54) is 0 Å². The number of unbranched alkanes of at least 4 members (excludes halogenated alkanes) is 1. The van der Waals surface area contributed by atoms with E-state index in [-0.39, 0.29) is 12.4 Å². The zero-order valence-electron chi connectivity index (χ0n) is 8.49. The summed E-state index contributed by atoms with van der Waals surface area (Å²) in [6, 6.07) is 0. The van der Waals surface area contributed by atoms with Gasteiger partial charge in [-0.05, 0) is 6.42 Å². The summed E-state index contributed by atoms with van der Waals surface area (Å²) in [6.45, 7) is 3.74. The van der Waals surface area contributed by atoms with Crippen LogP contribution in [0.25, 0.3) is 0 Å². The standard InChI is InChI=1S/C10H14N2O2/c1-3-4-5-6-11-9-7-10(13)14-8(2)12-9/h5-6H,3-4,7H2,1-2H3/b6-5-,11-9+. The molecule has 1 rings (SSSR count). The molecule has 14 heavy (non-hydrogen) atoms. The van der Waals surface area contributed by atoms with Gasteiger partial charge in [-0.2, -0.15) is 0 Å². The second-order valence-corrected chi connectivity index (χ2v) is 3.00. The number of esters is 1. The van der Waals surface area contributed by atoms with Gasteiger partial charge in [-0.15, -0.1) is 0 Å². The summed E-state index contributed by atoms with van der Waals surface area (Å²) in [4.78, 5) is 19.0. The molecule has 0 aromatic heterocycles. The summed E-state index contributed by atoms with van der Waals surface area (Å²) in [6.07, 6.45) is 5.88. The fraction of sp³-hybridized carbons (Fsp3) is 0.500. The van der Waals surface area contributed by atoms with Gasteiger partial charge in [-0.25, -0.2) is 9.98 Å². The van der Waals surface area contributed by atoms with E-state index in [4.69, 9.17) is 4.74 Å². The van der Waals surface area contributed by atoms with Gasteiger partial charge in [-0.1, -0.05) is 19.4 Å². The predicted molar refractivity (Wildman–Crippen MR) is 55.3 cm³/mol. The van der Waals surface area contributed by atoms with Crippen LogP contribution in [0, 0.1) is 0 Å². The van der Waals surface area contributed by atoms with Crippen molar-refractivity contribution >= 4 is 17.7 Å². The van der Waals surface area contributed by atoms with Crippen LogP contribution in [0.2, 0.25) is 0 Å². The van der Waals surface area contributed by atoms with E-state index in [1.807, 2.05) is 6.08 Å². The summed E-state index contributed by atoms with van der Waals surface area (Å²) < 4.78 is 4.75. The Bertz CT molecular complexity index is 303. The van der Waals surface area contributed by atoms with Crippen molar-refractivity contribution in [2.24, 2.45) is 9.98 Å². The topological polar surface area (TPSA) is 51.0 Å². The first-order valence-corrected chi connectivity index (χ1v) is 4.70. The van der Waals surface area contributed by atoms with E-state index in [0.29, 0.717) is 11.7 Å². The van der Waals surface area contributed by atoms with Crippen molar-refractivity contribution < 1.29 is 9.53 Å². The largest absolute Gasteiger partial charge is 0.411 e. The van der Waals surface area contributed by atoms with E-state index in [2.05, 4.69) is 16.9 Å². The van der Waals surface area contributed by atoms with Gasteiger partial charge in [-0.3, -0.25) is 4.79 Å². The Labute approximate surface area is 83.4 Å². The molecule has 0 spiro atoms. The number of nitrogens with zero attached hydrogens (tertiary/aromatic N) is 2. The molecule has 0 radical (unpaired) electrons. The Morgan fingerprint density at radius 2 is 2.43 bits per heavy atom. The monoisotopic (exact) mass is 194 g/mol. The quantitative estimate of drug-likeness (QED) is 0.646. The molecule has 0 fully saturated rings. The molecule has 0 aliphatic carbocycles. The second kappa shape index (κ2) is 5.32. The van der Waals surface area contributed by atoms with Crippen LogP contribution in [0.4, 0.5) is 0 Å². The van der Waals surface area contributed by atoms with Crippen LogP contribution in [0.3, 0.4) is 0 Å². The van der Waals surface area contributed by atoms with Crippen LogP contribution in [0.5, 0.6) is 0 Å². The maximum absolute atomic E-state index is 11.0. The lowest BCUT2D eigenvalue weighted by molar-refractivity contribution is -0.134. The number of aliphatic imine (C=N–C) groups is 2. The molecule has 1 aliphatic rings. The summed E-state index contributed by atoms with van der Waals surface area (Å²) in [5, 5.41) is 0. The molecule has 0 N–H and O–H groups in total. The van der Waals surface area contributed by atoms with Gasteiger partial charge >= 0.3 is 5.97 Å². The number of carbonyl (C=O) groups is 1. The number of hydrogen-bond acceptors (Lipinski definition) is 3. The SMILES string of the molecule is CCC/C=C\N=C1/CC(=O)OC(C)=N1. The van der Waals surface area contributed by atoms with Crippen molar-refractivity contribution in [3.63, 3.8) is 0 Å². The van der Waals surface area contributed by atoms with Gasteiger partial charge in [0.2, 0.25) is 0 Å². The smallest absolute Gasteiger partial charge is 0.320 e. The van der Waals surface area contributed by atoms with Gasteiger partial charge < -0.3 is 4.74 Å². The first-order valence-electron chi connectivity index (χ1n) is 4.70. The minimum Gasteiger partial charge on any atom is -0.411 e. The van der Waals surface area contributed by atoms with Gasteiger partial charge in [0, 0.05) is 13.1 Å². The van der Waals surface area contributed by atoms with Crippen molar-refractivity contribution in [3.8, 4) is 0 Å². The third-order valence-electron chi connectivity index (χ3n) is 1.63. The van der Waals surface area contributed by atoms with E-state index in [0.717, 1.165) is 12.8 Å². The van der Waals surface area contributed by atoms with Crippen LogP contribution < -0.4 is 0 Å². The van der Waals surface area contributed by atoms with Gasteiger partial charge in [0.15, 0.2) is 5.90 Å². The molecule has 4 nitrogen and oxygen atoms in total. The van der Waals surface area contributed by atoms with Gasteiger partial charge in [0.1, 0.15) is 12.3 Å². The molecule has 1 heterocycles. The molecule has 0 unspecified atom stereocenters. The van der Waals surface area contributed by atoms with Crippen LogP contribution in [0.1, 0.15) is 33.1 Å². The minimum atomic E-state index is -0.292. The lowest BCUT2D eigenvalue weighted by atomic mass is 10.3. The normalized spacial score (nSPS) is 20.0. The molecule has 4 heteroatoms. The number of carbonyl (C=O) groups excluding carboxylic acids is 1. The predicted octanol–water partition coefficient (Wildman–Crippen LogP) is 2.06. The molecule has 0 saturated carbocycles. The number of cyclic esters (lactones) is 1. The van der Waals surface area contributed by atoms with Crippen molar-refractivity contribution in [2.45, 2.75) is 33.1 Å². The third kappa shape index (κ3) is 3.51. The number of amidine groups is 1. The summed E-state index contributed by atoms with van der Waals surface area (Å²) >= 11 is 0. The first kappa shape index (κ1) is 10.6. The maximum Gasteiger partial charge on any atom is 0.320 e. The zero-order chi connectivity index (χ0) is 10.4. The number of rotatable bonds is 3. The third-order valence-corrected chi connectivity index (χ3v) is 1.63. The van der Waals surface area contributed by atoms with Crippen LogP contribution in [-0.4, -0.2) is 17.7 Å². The highest BCUT2D eigenvalue weighted by Crippen LogP contribution is 2.03. The number of ether oxygens (including phenoxy) is 1. The van der Waals surface area contributed by atoms with Crippen molar-refractivity contribution in [1.82, 2.24) is 0 Å². The fourth-order valence-corrected chi connectivity index (χ4v) is 1.03. The Hall–Kier alpha value is -1.45. The van der Waals surface area contributed by atoms with Crippen LogP contribution >= 0.6 is 0 Å². The molecule has 1 aliphatic heterocycles. The van der Waals surface area contributed by atoms with Crippen LogP contribution in [0.15, 0.2) is 22.3 Å². The molecule has 0 aromatic carbocycles. The lowest BCUT2D eigenvalue weighted by Crippen LogP contribution is -2.20. The maximum atomic E-state index is 11.0. The summed E-state index contributed by atoms with van der Waals surface area (Å²) in [5.74, 6) is 0.593. The molecular formula is C10H14N2O2. The zero-order valence-corrected chi connectivity index (χ0v) is 8.49. The molecular weight excluding hydrogens is 180 g/mol. The highest BCUT2D eigenvalue weighted by Gasteiger charge is 2.15. The summed E-state index contributed by atoms with van der Waals surface area (Å²) in [5.41, 5.74) is 0. The lowest BCUT2D eigenvalue weighted by Gasteiger charge is -2.08. The Morgan fingerprint density at radius 3 is 3.07 bits per heavy atom. The molecule has 0 bridgehead atoms. The van der Waals surface area contributed by atoms with Gasteiger partial charge in [0.05, 0.1) is 0 Å². The molecule has 0 aromatic rings. The first-order chi connectivity index (χ1) is 6.72. The fourth-order valence-electron chi connectivity index (χ4n) is 1.03. The van der Waals surface area contributed by atoms with Crippen molar-refractivity contribution in [2.75, 3.05) is 0 Å². The number of allylic oxidation sites excluding steroid dienone is 1. The molecule has 76 valence electrons. The van der Waals surface area contributed by atoms with Crippen molar-refractivity contribution in [1.29, 1.82) is 0 Å². The minimum absolute atomic E-state index is 0.161. The van der Waals surface area contributed by atoms with E-state index >= 15 is 0 Å². The number of hydrogen-bond donors (Lipinski definition) is 0. The van der Waals surface area contributed by atoms with Gasteiger partial charge in [0.25, 0.3) is 0 Å². The van der Waals surface area contributed by atoms with Crippen molar-refractivity contribution in [3.05, 3.63) is 12.3 Å². The van der Waals surface area contributed by atoms with E-state index in [1.54, 1.807) is 13.1 Å². The average Bonchev–Trinajstić information content (AvgIpc) is 2.11. The van der Waals surface area contributed by atoms with E-state index in [9.17, 15) is 4.79 Å². The Morgan fingerprint density at radius 1 is 1.64 bits per heavy atom. The Kier molecular flexibility index (Phi) is 4.04. The highest BCUT2D eigenvalue weighted by atomic mass is 16.5. The highest BCUT2D eigenvalue weighted by molar-refractivity contribution is 6.09. The second-order valence-electron chi connectivity index (χ2n) is 3.00. The van der Waals surface area contributed by atoms with E-state index < -0.39 is 0 Å². The summed E-state index contributed by atoms with van der Waals surface area (Å²) in [7, 11) is 0. The Balaban J connectivity index is 2.59. The average molecular weight is 194 g/mol. The molecule has 0 amide bonds. The molecule has 0 saturated heterocycles. The van der Waals surface area contributed by atoms with Crippen LogP contribution in [-0.2, 0) is 9.53 Å². The molecule has 0 atom stereocenters.